The van der Waals surface area contributed by atoms with Gasteiger partial charge in [0.05, 0.1) is 0 Å². The van der Waals surface area contributed by atoms with Gasteiger partial charge in [-0.1, -0.05) is 60.8 Å². The van der Waals surface area contributed by atoms with Gasteiger partial charge >= 0.3 is 0 Å². The van der Waals surface area contributed by atoms with E-state index in [9.17, 15) is 0 Å². The predicted octanol–water partition coefficient (Wildman–Crippen LogP) is 4.16. The van der Waals surface area contributed by atoms with E-state index in [1.165, 1.54) is 6.42 Å². The fourth-order valence-corrected chi connectivity index (χ4v) is 1.15. The van der Waals surface area contributed by atoms with Crippen molar-refractivity contribution in [2.24, 2.45) is 0 Å². The van der Waals surface area contributed by atoms with E-state index in [0.717, 1.165) is 12.8 Å². The first kappa shape index (κ1) is 10.8. The molecule has 0 saturated heterocycles. The monoisotopic (exact) mass is 185 g/mol. The van der Waals surface area contributed by atoms with Crippen LogP contribution in [0.15, 0.2) is 60.8 Å². The highest BCUT2D eigenvalue weighted by Crippen LogP contribution is 2.01. The Balaban J connectivity index is 2.46. The minimum atomic E-state index is 1.16. The molecule has 0 amide bonds. The van der Waals surface area contributed by atoms with Gasteiger partial charge in [0.25, 0.3) is 0 Å². The fraction of sp³-hybridized carbons (Fsp3) is 0.214. The molecule has 0 N–H and O–H groups in total. The van der Waals surface area contributed by atoms with Gasteiger partial charge in [0.1, 0.15) is 0 Å². The zero-order chi connectivity index (χ0) is 9.90. The first-order valence-electron chi connectivity index (χ1n) is 5.15. The molecule has 0 heteroatoms. The molecule has 0 bridgehead atoms. The lowest BCUT2D eigenvalue weighted by atomic mass is 10.1. The van der Waals surface area contributed by atoms with Gasteiger partial charge in [0.15, 0.2) is 0 Å². The van der Waals surface area contributed by atoms with Gasteiger partial charge in [0.2, 0.25) is 0 Å². The number of rotatable bonds is 0. The van der Waals surface area contributed by atoms with Crippen LogP contribution in [-0.4, -0.2) is 0 Å². The zero-order valence-electron chi connectivity index (χ0n) is 8.47. The molecule has 0 aliphatic heterocycles. The summed E-state index contributed by atoms with van der Waals surface area (Å²) in [4.78, 5) is 0. The van der Waals surface area contributed by atoms with Crippen LogP contribution in [0, 0.1) is 6.42 Å². The van der Waals surface area contributed by atoms with Crippen molar-refractivity contribution in [2.75, 3.05) is 0 Å². The van der Waals surface area contributed by atoms with E-state index in [1.807, 2.05) is 30.4 Å². The summed E-state index contributed by atoms with van der Waals surface area (Å²) in [5.41, 5.74) is 0. The molecule has 1 rings (SSSR count). The van der Waals surface area contributed by atoms with Crippen molar-refractivity contribution >= 4 is 0 Å². The second-order valence-electron chi connectivity index (χ2n) is 3.13. The predicted molar refractivity (Wildman–Crippen MR) is 63.9 cm³/mol. The second kappa shape index (κ2) is 8.31. The summed E-state index contributed by atoms with van der Waals surface area (Å²) in [6, 6.07) is 0. The maximum atomic E-state index is 2.21. The Bertz CT molecular complexity index is 234. The zero-order valence-corrected chi connectivity index (χ0v) is 8.47. The SMILES string of the molecule is [CH]1/C=C/C=C/C=C\C=C\C=C/CCC1. The number of allylic oxidation sites excluding steroid dienone is 10. The van der Waals surface area contributed by atoms with E-state index in [2.05, 4.69) is 36.8 Å². The summed E-state index contributed by atoms with van der Waals surface area (Å²) in [5.74, 6) is 0. The molecule has 0 aromatic heterocycles. The molecule has 1 aliphatic rings. The van der Waals surface area contributed by atoms with Crippen molar-refractivity contribution in [2.45, 2.75) is 19.3 Å². The standard InChI is InChI=1S/C14H17/c1-2-4-6-8-10-12-14-13-11-9-7-5-3-1/h1-11H,12-14H2/b2-1-,5-3+,6-4+,9-7+,10-8-. The van der Waals surface area contributed by atoms with E-state index in [4.69, 9.17) is 0 Å². The molecule has 0 atom stereocenters. The third-order valence-electron chi connectivity index (χ3n) is 1.90. The third-order valence-corrected chi connectivity index (χ3v) is 1.90. The molecule has 0 heterocycles. The molecule has 0 aromatic rings. The van der Waals surface area contributed by atoms with Crippen molar-refractivity contribution in [3.05, 3.63) is 67.2 Å². The average molecular weight is 185 g/mol. The van der Waals surface area contributed by atoms with Crippen molar-refractivity contribution in [1.82, 2.24) is 0 Å². The lowest BCUT2D eigenvalue weighted by molar-refractivity contribution is 0.843. The Morgan fingerprint density at radius 1 is 0.500 bits per heavy atom. The fourth-order valence-electron chi connectivity index (χ4n) is 1.15. The van der Waals surface area contributed by atoms with Crippen LogP contribution in [0.5, 0.6) is 0 Å². The Labute approximate surface area is 87.0 Å². The van der Waals surface area contributed by atoms with Crippen molar-refractivity contribution in [1.29, 1.82) is 0 Å². The molecule has 73 valence electrons. The van der Waals surface area contributed by atoms with Crippen molar-refractivity contribution in [3.8, 4) is 0 Å². The topological polar surface area (TPSA) is 0 Å². The summed E-state index contributed by atoms with van der Waals surface area (Å²) < 4.78 is 0. The van der Waals surface area contributed by atoms with Gasteiger partial charge in [-0.25, -0.2) is 0 Å². The molecule has 0 fully saturated rings. The molecule has 0 saturated carbocycles. The van der Waals surface area contributed by atoms with Gasteiger partial charge in [0, 0.05) is 0 Å². The number of hydrogen-bond donors (Lipinski definition) is 0. The minimum Gasteiger partial charge on any atom is -0.0845 e. The maximum Gasteiger partial charge on any atom is -0.0167 e. The quantitative estimate of drug-likeness (QED) is 0.531. The molecule has 1 radical (unpaired) electrons. The lowest BCUT2D eigenvalue weighted by Gasteiger charge is -1.91. The minimum absolute atomic E-state index is 1.16. The molecular weight excluding hydrogens is 168 g/mol. The maximum absolute atomic E-state index is 2.21. The van der Waals surface area contributed by atoms with Gasteiger partial charge < -0.3 is 0 Å². The van der Waals surface area contributed by atoms with Crippen LogP contribution in [0.25, 0.3) is 0 Å². The van der Waals surface area contributed by atoms with E-state index < -0.39 is 0 Å². The largest absolute Gasteiger partial charge is 0.0845 e. The first-order chi connectivity index (χ1) is 7.00. The van der Waals surface area contributed by atoms with Crippen LogP contribution in [0.2, 0.25) is 0 Å². The summed E-state index contributed by atoms with van der Waals surface area (Å²) >= 11 is 0. The molecule has 1 aliphatic carbocycles. The lowest BCUT2D eigenvalue weighted by Crippen LogP contribution is -1.73. The molecule has 0 spiro atoms. The van der Waals surface area contributed by atoms with Gasteiger partial charge in [-0.3, -0.25) is 0 Å². The first-order valence-corrected chi connectivity index (χ1v) is 5.15. The van der Waals surface area contributed by atoms with E-state index >= 15 is 0 Å². The highest BCUT2D eigenvalue weighted by molar-refractivity contribution is 5.18. The molecule has 0 unspecified atom stereocenters. The Morgan fingerprint density at radius 3 is 1.79 bits per heavy atom. The van der Waals surface area contributed by atoms with Crippen molar-refractivity contribution in [3.63, 3.8) is 0 Å². The summed E-state index contributed by atoms with van der Waals surface area (Å²) in [5, 5.41) is 0. The molecular formula is C14H17. The Kier molecular flexibility index (Phi) is 6.39. The van der Waals surface area contributed by atoms with E-state index in [-0.39, 0.29) is 0 Å². The molecule has 0 aromatic carbocycles. The van der Waals surface area contributed by atoms with Crippen LogP contribution in [0.1, 0.15) is 19.3 Å². The van der Waals surface area contributed by atoms with Gasteiger partial charge in [-0.15, -0.1) is 0 Å². The third kappa shape index (κ3) is 6.24. The molecule has 0 nitrogen and oxygen atoms in total. The van der Waals surface area contributed by atoms with Crippen LogP contribution in [0.3, 0.4) is 0 Å². The van der Waals surface area contributed by atoms with Gasteiger partial charge in [-0.2, -0.15) is 0 Å². The van der Waals surface area contributed by atoms with Crippen molar-refractivity contribution < 1.29 is 0 Å². The molecule has 14 heavy (non-hydrogen) atoms. The normalized spacial score (nSPS) is 29.7. The van der Waals surface area contributed by atoms with E-state index in [1.54, 1.807) is 0 Å². The van der Waals surface area contributed by atoms with E-state index in [0.29, 0.717) is 0 Å². The van der Waals surface area contributed by atoms with Crippen LogP contribution < -0.4 is 0 Å². The second-order valence-corrected chi connectivity index (χ2v) is 3.13. The Hall–Kier alpha value is -1.30. The summed E-state index contributed by atoms with van der Waals surface area (Å²) in [6.07, 6.45) is 26.5. The van der Waals surface area contributed by atoms with Crippen LogP contribution in [-0.2, 0) is 0 Å². The Morgan fingerprint density at radius 2 is 1.07 bits per heavy atom. The highest BCUT2D eigenvalue weighted by atomic mass is 13.9. The van der Waals surface area contributed by atoms with Gasteiger partial charge in [-0.05, 0) is 25.7 Å². The van der Waals surface area contributed by atoms with Crippen LogP contribution in [0.4, 0.5) is 0 Å². The number of hydrogen-bond acceptors (Lipinski definition) is 0. The summed E-state index contributed by atoms with van der Waals surface area (Å²) in [6.45, 7) is 0. The highest BCUT2D eigenvalue weighted by Gasteiger charge is 1.82. The smallest absolute Gasteiger partial charge is 0.0167 e. The average Bonchev–Trinajstić information content (AvgIpc) is 2.22. The summed E-state index contributed by atoms with van der Waals surface area (Å²) in [7, 11) is 0. The van der Waals surface area contributed by atoms with Crippen LogP contribution >= 0.6 is 0 Å².